The Bertz CT molecular complexity index is 343. The summed E-state index contributed by atoms with van der Waals surface area (Å²) < 4.78 is 15.4. The van der Waals surface area contributed by atoms with E-state index in [1.54, 1.807) is 7.11 Å². The molecule has 0 heterocycles. The van der Waals surface area contributed by atoms with Crippen LogP contribution in [-0.2, 0) is 23.8 Å². The molecule has 1 atom stereocenters. The Morgan fingerprint density at radius 1 is 0.769 bits per heavy atom. The molecule has 0 bridgehead atoms. The largest absolute Gasteiger partial charge is 0.466 e. The average molecular weight is 373 g/mol. The van der Waals surface area contributed by atoms with E-state index in [4.69, 9.17) is 14.2 Å². The van der Waals surface area contributed by atoms with Crippen LogP contribution in [0.4, 0.5) is 0 Å². The molecule has 0 aliphatic carbocycles. The maximum Gasteiger partial charge on any atom is 0.305 e. The minimum atomic E-state index is -0.245. The highest BCUT2D eigenvalue weighted by molar-refractivity contribution is 5.72. The van der Waals surface area contributed by atoms with Gasteiger partial charge in [0.2, 0.25) is 0 Å². The predicted molar refractivity (Wildman–Crippen MR) is 104 cm³/mol. The van der Waals surface area contributed by atoms with E-state index in [-0.39, 0.29) is 30.7 Å². The quantitative estimate of drug-likeness (QED) is 0.249. The summed E-state index contributed by atoms with van der Waals surface area (Å²) in [6, 6.07) is 0. The second-order valence-corrected chi connectivity index (χ2v) is 7.12. The molecule has 0 saturated carbocycles. The molecular formula is C21H40O5. The van der Waals surface area contributed by atoms with E-state index in [1.165, 1.54) is 38.5 Å². The van der Waals surface area contributed by atoms with E-state index in [9.17, 15) is 9.59 Å². The summed E-state index contributed by atoms with van der Waals surface area (Å²) in [5, 5.41) is 0. The van der Waals surface area contributed by atoms with Crippen molar-refractivity contribution < 1.29 is 23.8 Å². The number of unbranched alkanes of at least 4 members (excludes halogenated alkanes) is 7. The second kappa shape index (κ2) is 18.7. The van der Waals surface area contributed by atoms with Crippen LogP contribution in [0.1, 0.15) is 90.9 Å². The van der Waals surface area contributed by atoms with Gasteiger partial charge in [-0.05, 0) is 25.2 Å². The van der Waals surface area contributed by atoms with Crippen LogP contribution in [0.25, 0.3) is 0 Å². The number of methoxy groups -OCH3 is 1. The van der Waals surface area contributed by atoms with Crippen LogP contribution in [0.3, 0.4) is 0 Å². The molecule has 0 saturated heterocycles. The van der Waals surface area contributed by atoms with E-state index >= 15 is 0 Å². The van der Waals surface area contributed by atoms with Crippen molar-refractivity contribution in [1.82, 2.24) is 0 Å². The topological polar surface area (TPSA) is 61.8 Å². The van der Waals surface area contributed by atoms with Gasteiger partial charge in [0.1, 0.15) is 0 Å². The molecule has 154 valence electrons. The van der Waals surface area contributed by atoms with E-state index in [0.717, 1.165) is 19.3 Å². The van der Waals surface area contributed by atoms with Gasteiger partial charge in [0, 0.05) is 26.6 Å². The van der Waals surface area contributed by atoms with E-state index < -0.39 is 0 Å². The Morgan fingerprint density at radius 2 is 1.35 bits per heavy atom. The number of esters is 2. The van der Waals surface area contributed by atoms with Crippen LogP contribution in [0, 0.1) is 5.92 Å². The van der Waals surface area contributed by atoms with Gasteiger partial charge in [0.05, 0.1) is 13.2 Å². The molecule has 5 nitrogen and oxygen atoms in total. The molecular weight excluding hydrogens is 332 g/mol. The summed E-state index contributed by atoms with van der Waals surface area (Å²) in [5.41, 5.74) is 0. The lowest BCUT2D eigenvalue weighted by atomic mass is 10.1. The smallest absolute Gasteiger partial charge is 0.305 e. The maximum atomic E-state index is 11.6. The number of hydrogen-bond acceptors (Lipinski definition) is 5. The van der Waals surface area contributed by atoms with Crippen molar-refractivity contribution in [3.8, 4) is 0 Å². The molecule has 5 heteroatoms. The van der Waals surface area contributed by atoms with Gasteiger partial charge < -0.3 is 14.2 Å². The third-order valence-corrected chi connectivity index (χ3v) is 4.37. The molecule has 0 N–H and O–H groups in total. The Balaban J connectivity index is 3.41. The van der Waals surface area contributed by atoms with Crippen LogP contribution < -0.4 is 0 Å². The van der Waals surface area contributed by atoms with Gasteiger partial charge in [-0.3, -0.25) is 9.59 Å². The first-order chi connectivity index (χ1) is 12.6. The minimum Gasteiger partial charge on any atom is -0.466 e. The molecule has 0 fully saturated rings. The molecule has 1 unspecified atom stereocenters. The maximum absolute atomic E-state index is 11.6. The van der Waals surface area contributed by atoms with Crippen LogP contribution in [-0.4, -0.2) is 38.9 Å². The summed E-state index contributed by atoms with van der Waals surface area (Å²) >= 11 is 0. The fourth-order valence-electron chi connectivity index (χ4n) is 2.58. The summed E-state index contributed by atoms with van der Waals surface area (Å²) in [7, 11) is 1.66. The molecule has 0 aromatic rings. The number of ether oxygens (including phenoxy) is 3. The molecule has 0 aromatic carbocycles. The first-order valence-corrected chi connectivity index (χ1v) is 10.4. The normalized spacial score (nSPS) is 12.0. The first kappa shape index (κ1) is 24.9. The molecule has 0 aliphatic heterocycles. The fourth-order valence-corrected chi connectivity index (χ4v) is 2.58. The molecule has 0 aliphatic rings. The minimum absolute atomic E-state index is 0.214. The van der Waals surface area contributed by atoms with Gasteiger partial charge in [-0.2, -0.15) is 0 Å². The molecule has 0 aromatic heterocycles. The number of carbonyl (C=O) groups is 2. The van der Waals surface area contributed by atoms with Gasteiger partial charge in [-0.15, -0.1) is 0 Å². The SMILES string of the molecule is CCCCCCCCCCOC(=O)CCCC(=O)OCC(C)CCOC. The highest BCUT2D eigenvalue weighted by Gasteiger charge is 2.09. The van der Waals surface area contributed by atoms with Crippen molar-refractivity contribution in [2.24, 2.45) is 5.92 Å². The fraction of sp³-hybridized carbons (Fsp3) is 0.905. The molecule has 0 radical (unpaired) electrons. The Hall–Kier alpha value is -1.10. The van der Waals surface area contributed by atoms with Gasteiger partial charge in [-0.1, -0.05) is 58.8 Å². The number of carbonyl (C=O) groups excluding carboxylic acids is 2. The van der Waals surface area contributed by atoms with Gasteiger partial charge in [-0.25, -0.2) is 0 Å². The van der Waals surface area contributed by atoms with Crippen LogP contribution >= 0.6 is 0 Å². The van der Waals surface area contributed by atoms with Gasteiger partial charge in [0.15, 0.2) is 0 Å². The third kappa shape index (κ3) is 17.7. The predicted octanol–water partition coefficient (Wildman–Crippen LogP) is 5.06. The molecule has 0 amide bonds. The molecule has 26 heavy (non-hydrogen) atoms. The standard InChI is InChI=1S/C21H40O5/c1-4-5-6-7-8-9-10-11-16-25-20(22)13-12-14-21(23)26-18-19(2)15-17-24-3/h19H,4-18H2,1-3H3. The lowest BCUT2D eigenvalue weighted by molar-refractivity contribution is -0.146. The monoisotopic (exact) mass is 372 g/mol. The van der Waals surface area contributed by atoms with E-state index in [1.807, 2.05) is 6.92 Å². The van der Waals surface area contributed by atoms with Crippen molar-refractivity contribution >= 4 is 11.9 Å². The number of rotatable bonds is 18. The zero-order chi connectivity index (χ0) is 19.5. The third-order valence-electron chi connectivity index (χ3n) is 4.37. The summed E-state index contributed by atoms with van der Waals surface area (Å²) in [4.78, 5) is 23.3. The highest BCUT2D eigenvalue weighted by Crippen LogP contribution is 2.09. The number of hydrogen-bond donors (Lipinski definition) is 0. The Morgan fingerprint density at radius 3 is 1.96 bits per heavy atom. The van der Waals surface area contributed by atoms with Crippen molar-refractivity contribution in [2.75, 3.05) is 26.9 Å². The van der Waals surface area contributed by atoms with Crippen LogP contribution in [0.2, 0.25) is 0 Å². The van der Waals surface area contributed by atoms with Crippen molar-refractivity contribution in [1.29, 1.82) is 0 Å². The van der Waals surface area contributed by atoms with Gasteiger partial charge >= 0.3 is 11.9 Å². The molecule has 0 rings (SSSR count). The lowest BCUT2D eigenvalue weighted by Gasteiger charge is -2.11. The van der Waals surface area contributed by atoms with Crippen molar-refractivity contribution in [3.05, 3.63) is 0 Å². The van der Waals surface area contributed by atoms with E-state index in [0.29, 0.717) is 26.2 Å². The van der Waals surface area contributed by atoms with Crippen LogP contribution in [0.15, 0.2) is 0 Å². The zero-order valence-corrected chi connectivity index (χ0v) is 17.2. The summed E-state index contributed by atoms with van der Waals surface area (Å²) in [5.74, 6) is -0.171. The first-order valence-electron chi connectivity index (χ1n) is 10.4. The van der Waals surface area contributed by atoms with Gasteiger partial charge in [0.25, 0.3) is 0 Å². The average Bonchev–Trinajstić information content (AvgIpc) is 2.63. The zero-order valence-electron chi connectivity index (χ0n) is 17.2. The second-order valence-electron chi connectivity index (χ2n) is 7.12. The Kier molecular flexibility index (Phi) is 17.9. The van der Waals surface area contributed by atoms with Crippen LogP contribution in [0.5, 0.6) is 0 Å². The van der Waals surface area contributed by atoms with Crippen molar-refractivity contribution in [2.45, 2.75) is 90.9 Å². The van der Waals surface area contributed by atoms with Crippen molar-refractivity contribution in [3.63, 3.8) is 0 Å². The summed E-state index contributed by atoms with van der Waals surface area (Å²) in [6.45, 7) is 5.82. The lowest BCUT2D eigenvalue weighted by Crippen LogP contribution is -2.14. The van der Waals surface area contributed by atoms with E-state index in [2.05, 4.69) is 6.92 Å². The molecule has 0 spiro atoms. The highest BCUT2D eigenvalue weighted by atomic mass is 16.5. The summed E-state index contributed by atoms with van der Waals surface area (Å²) in [6.07, 6.45) is 11.7. The Labute approximate surface area is 160 Å².